The van der Waals surface area contributed by atoms with E-state index in [1.165, 1.54) is 12.0 Å². The zero-order chi connectivity index (χ0) is 33.8. The minimum atomic E-state index is -1.03. The molecule has 0 fully saturated rings. The number of anilines is 2. The molecule has 6 rings (SSSR count). The first-order chi connectivity index (χ1) is 23.3. The molecule has 4 aromatic carbocycles. The lowest BCUT2D eigenvalue weighted by Crippen LogP contribution is -2.33. The number of methoxy groups -OCH3 is 2. The molecule has 1 unspecified atom stereocenters. The number of rotatable bonds is 9. The first-order valence-electron chi connectivity index (χ1n) is 14.9. The van der Waals surface area contributed by atoms with Crippen LogP contribution in [0.4, 0.5) is 11.4 Å². The maximum Gasteiger partial charge on any atom is 0.336 e. The van der Waals surface area contributed by atoms with E-state index >= 15 is 0 Å². The van der Waals surface area contributed by atoms with Gasteiger partial charge in [0, 0.05) is 22.2 Å². The second-order valence-corrected chi connectivity index (χ2v) is 12.0. The molecule has 0 aliphatic carbocycles. The summed E-state index contributed by atoms with van der Waals surface area (Å²) < 4.78 is 10.9. The number of hydrogen-bond acceptors (Lipinski definition) is 8. The van der Waals surface area contributed by atoms with E-state index in [-0.39, 0.29) is 23.1 Å². The summed E-state index contributed by atoms with van der Waals surface area (Å²) in [6, 6.07) is 30.1. The number of nitrogens with one attached hydrogen (secondary N) is 1. The summed E-state index contributed by atoms with van der Waals surface area (Å²) in [5, 5.41) is 13.0. The molecular formula is C37H30N4O6S. The number of amidine groups is 1. The Morgan fingerprint density at radius 2 is 1.65 bits per heavy atom. The third-order valence-electron chi connectivity index (χ3n) is 7.62. The van der Waals surface area contributed by atoms with Gasteiger partial charge in [-0.1, -0.05) is 72.4 Å². The second-order valence-electron chi connectivity index (χ2n) is 10.7. The van der Waals surface area contributed by atoms with E-state index in [0.717, 1.165) is 11.8 Å². The fourth-order valence-corrected chi connectivity index (χ4v) is 6.16. The highest BCUT2D eigenvalue weighted by atomic mass is 32.2. The smallest absolute Gasteiger partial charge is 0.336 e. The van der Waals surface area contributed by atoms with E-state index in [1.54, 1.807) is 99.0 Å². The highest BCUT2D eigenvalue weighted by Gasteiger charge is 2.34. The molecule has 48 heavy (non-hydrogen) atoms. The van der Waals surface area contributed by atoms with Crippen LogP contribution in [0.2, 0.25) is 0 Å². The highest BCUT2D eigenvalue weighted by Crippen LogP contribution is 2.36. The molecule has 2 N–H and O–H groups in total. The predicted octanol–water partition coefficient (Wildman–Crippen LogP) is 7.12. The van der Waals surface area contributed by atoms with Gasteiger partial charge in [-0.05, 0) is 55.5 Å². The van der Waals surface area contributed by atoms with Gasteiger partial charge in [-0.3, -0.25) is 14.5 Å². The van der Waals surface area contributed by atoms with Gasteiger partial charge in [0.1, 0.15) is 5.70 Å². The van der Waals surface area contributed by atoms with Crippen LogP contribution >= 0.6 is 11.8 Å². The van der Waals surface area contributed by atoms with Crippen LogP contribution in [-0.4, -0.2) is 52.5 Å². The van der Waals surface area contributed by atoms with Crippen LogP contribution in [0, 0.1) is 0 Å². The maximum absolute atomic E-state index is 13.7. The van der Waals surface area contributed by atoms with Gasteiger partial charge in [-0.25, -0.2) is 14.8 Å². The minimum Gasteiger partial charge on any atom is -0.493 e. The number of pyridine rings is 1. The molecule has 0 radical (unpaired) electrons. The molecule has 0 saturated carbocycles. The highest BCUT2D eigenvalue weighted by molar-refractivity contribution is 8.15. The quantitative estimate of drug-likeness (QED) is 0.160. The van der Waals surface area contributed by atoms with E-state index in [1.807, 2.05) is 24.3 Å². The molecule has 0 saturated heterocycles. The van der Waals surface area contributed by atoms with E-state index in [4.69, 9.17) is 9.47 Å². The van der Waals surface area contributed by atoms with E-state index in [9.17, 15) is 19.5 Å². The Labute approximate surface area is 280 Å². The van der Waals surface area contributed by atoms with Crippen molar-refractivity contribution in [2.24, 2.45) is 4.99 Å². The molecule has 1 aliphatic heterocycles. The van der Waals surface area contributed by atoms with Crippen LogP contribution in [0.3, 0.4) is 0 Å². The number of benzene rings is 4. The normalized spacial score (nSPS) is 14.1. The van der Waals surface area contributed by atoms with Crippen molar-refractivity contribution in [3.05, 3.63) is 120 Å². The summed E-state index contributed by atoms with van der Waals surface area (Å²) >= 11 is 1.16. The number of para-hydroxylation sites is 3. The molecule has 2 heterocycles. The van der Waals surface area contributed by atoms with Crippen molar-refractivity contribution in [2.75, 3.05) is 24.4 Å². The summed E-state index contributed by atoms with van der Waals surface area (Å²) in [7, 11) is 3.07. The van der Waals surface area contributed by atoms with Gasteiger partial charge in [0.25, 0.3) is 5.91 Å². The number of hydrogen-bond donors (Lipinski definition) is 2. The Bertz CT molecular complexity index is 2100. The predicted molar refractivity (Wildman–Crippen MR) is 189 cm³/mol. The van der Waals surface area contributed by atoms with Crippen LogP contribution in [-0.2, 0) is 9.59 Å². The molecule has 0 spiro atoms. The number of aromatic carboxylic acids is 1. The van der Waals surface area contributed by atoms with Crippen molar-refractivity contribution in [3.63, 3.8) is 0 Å². The number of amides is 2. The number of aromatic nitrogens is 1. The van der Waals surface area contributed by atoms with Crippen molar-refractivity contribution in [1.29, 1.82) is 0 Å². The van der Waals surface area contributed by atoms with Crippen LogP contribution < -0.4 is 19.7 Å². The fourth-order valence-electron chi connectivity index (χ4n) is 5.23. The summed E-state index contributed by atoms with van der Waals surface area (Å²) in [6.07, 6.45) is 1.64. The number of aliphatic imine (C=N–C) groups is 1. The number of ether oxygens (including phenoxy) is 2. The van der Waals surface area contributed by atoms with Gasteiger partial charge in [0.05, 0.1) is 41.9 Å². The lowest BCUT2D eigenvalue weighted by molar-refractivity contribution is -0.115. The Balaban J connectivity index is 1.22. The Kier molecular flexibility index (Phi) is 9.22. The molecule has 1 aromatic heterocycles. The Hall–Kier alpha value is -5.94. The number of carboxylic acids is 1. The third-order valence-corrected chi connectivity index (χ3v) is 8.67. The molecule has 0 bridgehead atoms. The Morgan fingerprint density at radius 3 is 2.35 bits per heavy atom. The maximum atomic E-state index is 13.7. The lowest BCUT2D eigenvalue weighted by Gasteiger charge is -2.20. The fraction of sp³-hybridized carbons (Fsp3) is 0.108. The Morgan fingerprint density at radius 1 is 0.917 bits per heavy atom. The summed E-state index contributed by atoms with van der Waals surface area (Å²) in [6.45, 7) is 1.74. The number of nitrogens with zero attached hydrogens (tertiary/aromatic N) is 3. The largest absolute Gasteiger partial charge is 0.493 e. The second kappa shape index (κ2) is 13.8. The SMILES string of the molecule is COc1cccc(/C=C2/N=C(SC(C)C(=O)Nc3ccc(-c4cc(C(=O)O)c5ccccc5n4)cc3)N(c3ccccc3)C2=O)c1OC. The topological polar surface area (TPSA) is 130 Å². The first kappa shape index (κ1) is 32.0. The summed E-state index contributed by atoms with van der Waals surface area (Å²) in [5.41, 5.74) is 3.92. The zero-order valence-corrected chi connectivity index (χ0v) is 27.0. The third kappa shape index (κ3) is 6.49. The van der Waals surface area contributed by atoms with Crippen molar-refractivity contribution in [2.45, 2.75) is 12.2 Å². The zero-order valence-electron chi connectivity index (χ0n) is 26.2. The molecule has 2 amide bonds. The van der Waals surface area contributed by atoms with Crippen molar-refractivity contribution < 1.29 is 29.0 Å². The van der Waals surface area contributed by atoms with E-state index < -0.39 is 11.2 Å². The van der Waals surface area contributed by atoms with Crippen LogP contribution in [0.5, 0.6) is 11.5 Å². The van der Waals surface area contributed by atoms with Crippen molar-refractivity contribution in [3.8, 4) is 22.8 Å². The van der Waals surface area contributed by atoms with Gasteiger partial charge in [0.2, 0.25) is 5.91 Å². The lowest BCUT2D eigenvalue weighted by atomic mass is 10.0. The minimum absolute atomic E-state index is 0.164. The standard InChI is InChI=1S/C37H30N4O6S/c1-22(34(42)38-25-18-16-23(17-19-25)30-21-28(36(44)45)27-13-7-8-14-29(27)39-30)48-37-40-31(35(43)41(37)26-11-5-4-6-12-26)20-24-10-9-15-32(46-2)33(24)47-3/h4-22H,1-3H3,(H,38,42)(H,44,45)/b31-20+. The van der Waals surface area contributed by atoms with E-state index in [2.05, 4.69) is 15.3 Å². The van der Waals surface area contributed by atoms with Gasteiger partial charge in [0.15, 0.2) is 16.7 Å². The van der Waals surface area contributed by atoms with Crippen LogP contribution in [0.15, 0.2) is 114 Å². The molecule has 5 aromatic rings. The van der Waals surface area contributed by atoms with Gasteiger partial charge in [-0.2, -0.15) is 0 Å². The van der Waals surface area contributed by atoms with Gasteiger partial charge in [-0.15, -0.1) is 0 Å². The number of carbonyl (C=O) groups is 3. The molecule has 1 aliphatic rings. The molecule has 11 heteroatoms. The molecule has 240 valence electrons. The number of carbonyl (C=O) groups excluding carboxylic acids is 2. The van der Waals surface area contributed by atoms with Gasteiger partial charge < -0.3 is 19.9 Å². The first-order valence-corrected chi connectivity index (χ1v) is 15.8. The van der Waals surface area contributed by atoms with Gasteiger partial charge >= 0.3 is 5.97 Å². The van der Waals surface area contributed by atoms with Crippen LogP contribution in [0.25, 0.3) is 28.2 Å². The average Bonchev–Trinajstić information content (AvgIpc) is 3.41. The monoisotopic (exact) mass is 658 g/mol. The number of thioether (sulfide) groups is 1. The number of carboxylic acid groups (broad SMARTS) is 1. The van der Waals surface area contributed by atoms with Crippen LogP contribution in [0.1, 0.15) is 22.8 Å². The number of fused-ring (bicyclic) bond motifs is 1. The van der Waals surface area contributed by atoms with E-state index in [0.29, 0.717) is 55.8 Å². The molecule has 10 nitrogen and oxygen atoms in total. The average molecular weight is 659 g/mol. The summed E-state index contributed by atoms with van der Waals surface area (Å²) in [5.74, 6) is -0.676. The van der Waals surface area contributed by atoms with Crippen molar-refractivity contribution in [1.82, 2.24) is 4.98 Å². The molecular weight excluding hydrogens is 628 g/mol. The summed E-state index contributed by atoms with van der Waals surface area (Å²) in [4.78, 5) is 49.8. The van der Waals surface area contributed by atoms with Crippen molar-refractivity contribution >= 4 is 63.1 Å². The molecule has 1 atom stereocenters.